The molecule has 0 saturated carbocycles. The van der Waals surface area contributed by atoms with Gasteiger partial charge in [-0.15, -0.1) is 0 Å². The Bertz CT molecular complexity index is 322. The van der Waals surface area contributed by atoms with Gasteiger partial charge < -0.3 is 9.53 Å². The maximum atomic E-state index is 12.0. The molecule has 17 heavy (non-hydrogen) atoms. The summed E-state index contributed by atoms with van der Waals surface area (Å²) in [6.45, 7) is 0.153. The van der Waals surface area contributed by atoms with Gasteiger partial charge in [0.05, 0.1) is 19.0 Å². The molecular formula is C14H19FO2. The number of halogens is 1. The molecule has 0 aromatic rings. The summed E-state index contributed by atoms with van der Waals surface area (Å²) >= 11 is 0. The molecule has 0 aromatic heterocycles. The number of rotatable bonds is 5. The molecule has 3 heteroatoms. The first-order valence-electron chi connectivity index (χ1n) is 6.35. The predicted octanol–water partition coefficient (Wildman–Crippen LogP) is 3.05. The van der Waals surface area contributed by atoms with Gasteiger partial charge in [-0.1, -0.05) is 12.2 Å². The predicted molar refractivity (Wildman–Crippen MR) is 64.2 cm³/mol. The second-order valence-corrected chi connectivity index (χ2v) is 4.85. The van der Waals surface area contributed by atoms with Gasteiger partial charge in [0.25, 0.3) is 0 Å². The quantitative estimate of drug-likeness (QED) is 0.418. The third kappa shape index (κ3) is 3.18. The fourth-order valence-electron chi connectivity index (χ4n) is 2.63. The van der Waals surface area contributed by atoms with Gasteiger partial charge >= 0.3 is 0 Å². The van der Waals surface area contributed by atoms with E-state index in [1.807, 2.05) is 6.08 Å². The van der Waals surface area contributed by atoms with Crippen molar-refractivity contribution in [1.29, 1.82) is 0 Å². The summed E-state index contributed by atoms with van der Waals surface area (Å²) in [6.07, 6.45) is 10.6. The third-order valence-corrected chi connectivity index (χ3v) is 3.61. The highest BCUT2D eigenvalue weighted by molar-refractivity contribution is 5.57. The molecule has 2 aliphatic carbocycles. The van der Waals surface area contributed by atoms with Gasteiger partial charge in [0.15, 0.2) is 0 Å². The van der Waals surface area contributed by atoms with Crippen LogP contribution in [0.1, 0.15) is 25.7 Å². The zero-order valence-electron chi connectivity index (χ0n) is 9.98. The van der Waals surface area contributed by atoms with Gasteiger partial charge in [0.2, 0.25) is 0 Å². The Balaban J connectivity index is 1.87. The van der Waals surface area contributed by atoms with Crippen LogP contribution in [-0.4, -0.2) is 19.6 Å². The van der Waals surface area contributed by atoms with Crippen molar-refractivity contribution in [3.05, 3.63) is 24.0 Å². The van der Waals surface area contributed by atoms with Gasteiger partial charge in [-0.3, -0.25) is 4.39 Å². The Labute approximate surface area is 102 Å². The molecule has 94 valence electrons. The molecule has 0 amide bonds. The number of alkyl halides is 1. The summed E-state index contributed by atoms with van der Waals surface area (Å²) in [6, 6.07) is 0. The summed E-state index contributed by atoms with van der Waals surface area (Å²) in [4.78, 5) is 10.7. The van der Waals surface area contributed by atoms with E-state index < -0.39 is 0 Å². The van der Waals surface area contributed by atoms with Crippen LogP contribution in [0.25, 0.3) is 0 Å². The molecule has 0 fully saturated rings. The van der Waals surface area contributed by atoms with E-state index in [4.69, 9.17) is 4.74 Å². The van der Waals surface area contributed by atoms with Crippen molar-refractivity contribution < 1.29 is 13.9 Å². The Morgan fingerprint density at radius 2 is 2.35 bits per heavy atom. The largest absolute Gasteiger partial charge is 0.498 e. The average molecular weight is 238 g/mol. The van der Waals surface area contributed by atoms with Crippen molar-refractivity contribution in [2.45, 2.75) is 25.7 Å². The highest BCUT2D eigenvalue weighted by Gasteiger charge is 2.29. The number of fused-ring (bicyclic) bond motifs is 1. The number of carbonyl (C=O) groups excluding carboxylic acids is 1. The normalized spacial score (nSPS) is 31.6. The van der Waals surface area contributed by atoms with E-state index in [0.717, 1.165) is 31.3 Å². The first-order valence-corrected chi connectivity index (χ1v) is 6.35. The lowest BCUT2D eigenvalue weighted by molar-refractivity contribution is -0.110. The van der Waals surface area contributed by atoms with Crippen LogP contribution in [0, 0.1) is 17.8 Å². The molecule has 0 aliphatic heterocycles. The van der Waals surface area contributed by atoms with Gasteiger partial charge in [0.1, 0.15) is 6.29 Å². The summed E-state index contributed by atoms with van der Waals surface area (Å²) in [5.41, 5.74) is 0. The van der Waals surface area contributed by atoms with E-state index in [1.54, 1.807) is 0 Å². The van der Waals surface area contributed by atoms with E-state index >= 15 is 0 Å². The molecule has 3 unspecified atom stereocenters. The SMILES string of the molecule is O=CC1C=CC2CC(OCCCF)=CCC2C1. The zero-order chi connectivity index (χ0) is 12.1. The second-order valence-electron chi connectivity index (χ2n) is 4.85. The smallest absolute Gasteiger partial charge is 0.126 e. The number of ether oxygens (including phenoxy) is 1. The number of hydrogen-bond donors (Lipinski definition) is 0. The van der Waals surface area contributed by atoms with E-state index in [1.165, 1.54) is 0 Å². The number of allylic oxidation sites excluding steroid dienone is 4. The molecule has 2 nitrogen and oxygen atoms in total. The lowest BCUT2D eigenvalue weighted by atomic mass is 9.73. The van der Waals surface area contributed by atoms with Gasteiger partial charge in [0, 0.05) is 18.8 Å². The third-order valence-electron chi connectivity index (χ3n) is 3.61. The van der Waals surface area contributed by atoms with Crippen LogP contribution >= 0.6 is 0 Å². The summed E-state index contributed by atoms with van der Waals surface area (Å²) in [5.74, 6) is 2.16. The van der Waals surface area contributed by atoms with Crippen molar-refractivity contribution in [2.24, 2.45) is 17.8 Å². The molecule has 2 aliphatic rings. The van der Waals surface area contributed by atoms with Crippen molar-refractivity contribution in [3.63, 3.8) is 0 Å². The van der Waals surface area contributed by atoms with Crippen LogP contribution in [0.2, 0.25) is 0 Å². The molecule has 0 saturated heterocycles. The minimum Gasteiger partial charge on any atom is -0.498 e. The maximum Gasteiger partial charge on any atom is 0.126 e. The standard InChI is InChI=1S/C14H19FO2/c15-6-1-7-17-14-5-4-12-8-11(10-16)2-3-13(12)9-14/h2-3,5,10-13H,1,4,6-9H2. The summed E-state index contributed by atoms with van der Waals surface area (Å²) < 4.78 is 17.5. The van der Waals surface area contributed by atoms with Gasteiger partial charge in [-0.25, -0.2) is 0 Å². The number of aldehydes is 1. The summed E-state index contributed by atoms with van der Waals surface area (Å²) in [5, 5.41) is 0. The topological polar surface area (TPSA) is 26.3 Å². The Morgan fingerprint density at radius 3 is 3.12 bits per heavy atom. The minimum absolute atomic E-state index is 0.0960. The first-order chi connectivity index (χ1) is 8.33. The molecule has 0 heterocycles. The van der Waals surface area contributed by atoms with Crippen LogP contribution < -0.4 is 0 Å². The molecule has 2 rings (SSSR count). The lowest BCUT2D eigenvalue weighted by Gasteiger charge is -2.33. The highest BCUT2D eigenvalue weighted by Crippen LogP contribution is 2.38. The number of carbonyl (C=O) groups is 1. The van der Waals surface area contributed by atoms with Crippen molar-refractivity contribution in [1.82, 2.24) is 0 Å². The fourth-order valence-corrected chi connectivity index (χ4v) is 2.63. The fraction of sp³-hybridized carbons (Fsp3) is 0.643. The molecule has 3 atom stereocenters. The Kier molecular flexibility index (Phi) is 4.35. The van der Waals surface area contributed by atoms with Crippen LogP contribution in [0.3, 0.4) is 0 Å². The summed E-state index contributed by atoms with van der Waals surface area (Å²) in [7, 11) is 0. The molecule has 0 N–H and O–H groups in total. The molecular weight excluding hydrogens is 219 g/mol. The van der Waals surface area contributed by atoms with Crippen LogP contribution in [-0.2, 0) is 9.53 Å². The van der Waals surface area contributed by atoms with E-state index in [-0.39, 0.29) is 12.6 Å². The number of hydrogen-bond acceptors (Lipinski definition) is 2. The Hall–Kier alpha value is -1.12. The molecule has 0 spiro atoms. The minimum atomic E-state index is -0.319. The first kappa shape index (κ1) is 12.3. The molecule has 0 bridgehead atoms. The van der Waals surface area contributed by atoms with Crippen LogP contribution in [0.5, 0.6) is 0 Å². The lowest BCUT2D eigenvalue weighted by Crippen LogP contribution is -2.24. The van der Waals surface area contributed by atoms with E-state index in [2.05, 4.69) is 12.2 Å². The van der Waals surface area contributed by atoms with Gasteiger partial charge in [-0.2, -0.15) is 0 Å². The monoisotopic (exact) mass is 238 g/mol. The van der Waals surface area contributed by atoms with Crippen LogP contribution in [0.15, 0.2) is 24.0 Å². The maximum absolute atomic E-state index is 12.0. The van der Waals surface area contributed by atoms with Crippen LogP contribution in [0.4, 0.5) is 4.39 Å². The van der Waals surface area contributed by atoms with Crippen molar-refractivity contribution in [2.75, 3.05) is 13.3 Å². The zero-order valence-corrected chi connectivity index (χ0v) is 9.98. The van der Waals surface area contributed by atoms with E-state index in [0.29, 0.717) is 24.9 Å². The van der Waals surface area contributed by atoms with E-state index in [9.17, 15) is 9.18 Å². The highest BCUT2D eigenvalue weighted by atomic mass is 19.1. The van der Waals surface area contributed by atoms with Crippen molar-refractivity contribution >= 4 is 6.29 Å². The van der Waals surface area contributed by atoms with Crippen molar-refractivity contribution in [3.8, 4) is 0 Å². The molecule has 0 radical (unpaired) electrons. The Morgan fingerprint density at radius 1 is 1.47 bits per heavy atom. The second kappa shape index (κ2) is 5.99. The van der Waals surface area contributed by atoms with Gasteiger partial charge in [-0.05, 0) is 30.8 Å². The average Bonchev–Trinajstić information content (AvgIpc) is 2.38. The molecule has 0 aromatic carbocycles.